The second kappa shape index (κ2) is 8.03. The lowest BCUT2D eigenvalue weighted by Gasteiger charge is -2.14. The highest BCUT2D eigenvalue weighted by Crippen LogP contribution is 2.33. The van der Waals surface area contributed by atoms with Gasteiger partial charge in [-0.3, -0.25) is 9.59 Å². The van der Waals surface area contributed by atoms with Crippen LogP contribution in [0.15, 0.2) is 42.5 Å². The number of amides is 2. The second-order valence-corrected chi connectivity index (χ2v) is 5.99. The molecule has 6 nitrogen and oxygen atoms in total. The number of benzene rings is 2. The summed E-state index contributed by atoms with van der Waals surface area (Å²) in [6.07, 6.45) is 1.98. The standard InChI is InChI=1S/C19H18F2N2O4/c1-26-15-4-2-3-14(16(15)27-19(20)21)18(25)23-12-7-5-11(6-8-12)17(24)22-13-9-10-13/h2-8,13,19H,9-10H2,1H3,(H,22,24)(H,23,25). The molecule has 8 heteroatoms. The van der Waals surface area contributed by atoms with E-state index in [9.17, 15) is 18.4 Å². The minimum Gasteiger partial charge on any atom is -0.493 e. The van der Waals surface area contributed by atoms with Crippen molar-refractivity contribution in [3.63, 3.8) is 0 Å². The second-order valence-electron chi connectivity index (χ2n) is 5.99. The highest BCUT2D eigenvalue weighted by Gasteiger charge is 2.24. The van der Waals surface area contributed by atoms with Gasteiger partial charge >= 0.3 is 6.61 Å². The number of para-hydroxylation sites is 1. The van der Waals surface area contributed by atoms with Crippen molar-refractivity contribution in [3.05, 3.63) is 53.6 Å². The first-order valence-electron chi connectivity index (χ1n) is 8.32. The van der Waals surface area contributed by atoms with Gasteiger partial charge in [-0.05, 0) is 49.2 Å². The molecule has 2 N–H and O–H groups in total. The number of methoxy groups -OCH3 is 1. The van der Waals surface area contributed by atoms with Crippen LogP contribution in [0.5, 0.6) is 11.5 Å². The maximum Gasteiger partial charge on any atom is 0.387 e. The summed E-state index contributed by atoms with van der Waals surface area (Å²) >= 11 is 0. The molecule has 0 spiro atoms. The summed E-state index contributed by atoms with van der Waals surface area (Å²) in [6.45, 7) is -3.10. The van der Waals surface area contributed by atoms with Crippen molar-refractivity contribution >= 4 is 17.5 Å². The fourth-order valence-electron chi connectivity index (χ4n) is 2.47. The molecule has 0 saturated heterocycles. The van der Waals surface area contributed by atoms with Crippen molar-refractivity contribution in [2.45, 2.75) is 25.5 Å². The lowest BCUT2D eigenvalue weighted by molar-refractivity contribution is -0.0515. The molecule has 2 amide bonds. The van der Waals surface area contributed by atoms with Gasteiger partial charge < -0.3 is 20.1 Å². The number of carbonyl (C=O) groups excluding carboxylic acids is 2. The van der Waals surface area contributed by atoms with E-state index < -0.39 is 12.5 Å². The molecule has 0 radical (unpaired) electrons. The van der Waals surface area contributed by atoms with E-state index in [1.54, 1.807) is 24.3 Å². The predicted molar refractivity (Wildman–Crippen MR) is 94.5 cm³/mol. The van der Waals surface area contributed by atoms with Crippen LogP contribution in [-0.4, -0.2) is 31.6 Å². The maximum atomic E-state index is 12.7. The number of nitrogens with one attached hydrogen (secondary N) is 2. The molecule has 0 aromatic heterocycles. The molecule has 0 heterocycles. The molecular weight excluding hydrogens is 358 g/mol. The summed E-state index contributed by atoms with van der Waals surface area (Å²) in [5.41, 5.74) is 0.794. The van der Waals surface area contributed by atoms with Gasteiger partial charge in [0, 0.05) is 17.3 Å². The van der Waals surface area contributed by atoms with Crippen molar-refractivity contribution in [1.29, 1.82) is 0 Å². The number of halogens is 2. The molecule has 142 valence electrons. The molecule has 1 fully saturated rings. The zero-order valence-electron chi connectivity index (χ0n) is 14.5. The van der Waals surface area contributed by atoms with Crippen molar-refractivity contribution in [2.75, 3.05) is 12.4 Å². The molecule has 0 atom stereocenters. The molecule has 2 aromatic rings. The van der Waals surface area contributed by atoms with Gasteiger partial charge in [0.2, 0.25) is 0 Å². The van der Waals surface area contributed by atoms with Gasteiger partial charge in [-0.2, -0.15) is 8.78 Å². The predicted octanol–water partition coefficient (Wildman–Crippen LogP) is 3.44. The van der Waals surface area contributed by atoms with Crippen LogP contribution >= 0.6 is 0 Å². The Balaban J connectivity index is 1.74. The zero-order chi connectivity index (χ0) is 19.4. The first kappa shape index (κ1) is 18.6. The molecule has 1 aliphatic carbocycles. The third-order valence-corrected chi connectivity index (χ3v) is 3.97. The Morgan fingerprint density at radius 2 is 1.78 bits per heavy atom. The summed E-state index contributed by atoms with van der Waals surface area (Å²) in [6, 6.07) is 10.8. The van der Waals surface area contributed by atoms with Crippen LogP contribution in [-0.2, 0) is 0 Å². The van der Waals surface area contributed by atoms with Gasteiger partial charge in [0.05, 0.1) is 12.7 Å². The molecule has 27 heavy (non-hydrogen) atoms. The Labute approximate surface area is 154 Å². The van der Waals surface area contributed by atoms with Gasteiger partial charge in [0.25, 0.3) is 11.8 Å². The molecule has 1 saturated carbocycles. The summed E-state index contributed by atoms with van der Waals surface area (Å²) in [4.78, 5) is 24.5. The monoisotopic (exact) mass is 376 g/mol. The van der Waals surface area contributed by atoms with Crippen LogP contribution < -0.4 is 20.1 Å². The van der Waals surface area contributed by atoms with E-state index in [1.807, 2.05) is 0 Å². The Morgan fingerprint density at radius 1 is 1.07 bits per heavy atom. The average molecular weight is 376 g/mol. The Hall–Kier alpha value is -3.16. The SMILES string of the molecule is COc1cccc(C(=O)Nc2ccc(C(=O)NC3CC3)cc2)c1OC(F)F. The lowest BCUT2D eigenvalue weighted by Crippen LogP contribution is -2.25. The zero-order valence-corrected chi connectivity index (χ0v) is 14.5. The van der Waals surface area contributed by atoms with Crippen LogP contribution in [0.4, 0.5) is 14.5 Å². The van der Waals surface area contributed by atoms with E-state index in [0.717, 1.165) is 12.8 Å². The highest BCUT2D eigenvalue weighted by molar-refractivity contribution is 6.07. The number of hydrogen-bond acceptors (Lipinski definition) is 4. The van der Waals surface area contributed by atoms with Gasteiger partial charge in [0.1, 0.15) is 0 Å². The largest absolute Gasteiger partial charge is 0.493 e. The molecule has 0 bridgehead atoms. The Morgan fingerprint density at radius 3 is 2.37 bits per heavy atom. The van der Waals surface area contributed by atoms with Gasteiger partial charge in [0.15, 0.2) is 11.5 Å². The average Bonchev–Trinajstić information content (AvgIpc) is 3.46. The van der Waals surface area contributed by atoms with E-state index in [2.05, 4.69) is 15.4 Å². The smallest absolute Gasteiger partial charge is 0.387 e. The van der Waals surface area contributed by atoms with Crippen molar-refractivity contribution in [1.82, 2.24) is 5.32 Å². The summed E-state index contributed by atoms with van der Waals surface area (Å²) in [5, 5.41) is 5.46. The number of rotatable bonds is 7. The quantitative estimate of drug-likeness (QED) is 0.776. The summed E-state index contributed by atoms with van der Waals surface area (Å²) in [5.74, 6) is -1.13. The van der Waals surface area contributed by atoms with Crippen LogP contribution in [0.2, 0.25) is 0 Å². The van der Waals surface area contributed by atoms with Crippen LogP contribution in [0.25, 0.3) is 0 Å². The third-order valence-electron chi connectivity index (χ3n) is 3.97. The summed E-state index contributed by atoms with van der Waals surface area (Å²) < 4.78 is 34.8. The first-order valence-corrected chi connectivity index (χ1v) is 8.32. The molecule has 0 aliphatic heterocycles. The van der Waals surface area contributed by atoms with Gasteiger partial charge in [-0.1, -0.05) is 6.07 Å². The number of hydrogen-bond donors (Lipinski definition) is 2. The van der Waals surface area contributed by atoms with Crippen molar-refractivity contribution < 1.29 is 27.8 Å². The molecule has 1 aliphatic rings. The van der Waals surface area contributed by atoms with Crippen molar-refractivity contribution in [2.24, 2.45) is 0 Å². The van der Waals surface area contributed by atoms with E-state index in [4.69, 9.17) is 4.74 Å². The maximum absolute atomic E-state index is 12.7. The third kappa shape index (κ3) is 4.72. The molecular formula is C19H18F2N2O4. The van der Waals surface area contributed by atoms with Gasteiger partial charge in [-0.15, -0.1) is 0 Å². The fraction of sp³-hybridized carbons (Fsp3) is 0.263. The highest BCUT2D eigenvalue weighted by atomic mass is 19.3. The number of ether oxygens (including phenoxy) is 2. The fourth-order valence-corrected chi connectivity index (χ4v) is 2.47. The minimum absolute atomic E-state index is 0.0232. The number of anilines is 1. The molecule has 2 aromatic carbocycles. The number of alkyl halides is 2. The van der Waals surface area contributed by atoms with E-state index in [1.165, 1.54) is 25.3 Å². The number of carbonyl (C=O) groups is 2. The normalized spacial score (nSPS) is 13.2. The minimum atomic E-state index is -3.10. The Kier molecular flexibility index (Phi) is 5.54. The molecule has 0 unspecified atom stereocenters. The van der Waals surface area contributed by atoms with E-state index in [-0.39, 0.29) is 29.0 Å². The van der Waals surface area contributed by atoms with Crippen LogP contribution in [0.1, 0.15) is 33.6 Å². The van der Waals surface area contributed by atoms with Crippen LogP contribution in [0, 0.1) is 0 Å². The van der Waals surface area contributed by atoms with E-state index >= 15 is 0 Å². The Bertz CT molecular complexity index is 836. The first-order chi connectivity index (χ1) is 13.0. The van der Waals surface area contributed by atoms with Crippen LogP contribution in [0.3, 0.4) is 0 Å². The van der Waals surface area contributed by atoms with Crippen molar-refractivity contribution in [3.8, 4) is 11.5 Å². The van der Waals surface area contributed by atoms with E-state index in [0.29, 0.717) is 11.3 Å². The lowest BCUT2D eigenvalue weighted by atomic mass is 10.1. The summed E-state index contributed by atoms with van der Waals surface area (Å²) in [7, 11) is 1.29. The van der Waals surface area contributed by atoms with Gasteiger partial charge in [-0.25, -0.2) is 0 Å². The topological polar surface area (TPSA) is 76.7 Å². The molecule has 3 rings (SSSR count).